The number of halogens is 5. The van der Waals surface area contributed by atoms with E-state index in [4.69, 9.17) is 0 Å². The Morgan fingerprint density at radius 3 is 1.74 bits per heavy atom. The highest BCUT2D eigenvalue weighted by molar-refractivity contribution is 5.71. The fourth-order valence-electron chi connectivity index (χ4n) is 3.13. The first-order valence-corrected chi connectivity index (χ1v) is 9.66. The van der Waals surface area contributed by atoms with Crippen molar-refractivity contribution in [3.05, 3.63) is 95.6 Å². The maximum absolute atomic E-state index is 14.2. The summed E-state index contributed by atoms with van der Waals surface area (Å²) in [5.41, 5.74) is 3.05. The number of hydrogen-bond acceptors (Lipinski definition) is 0. The Balaban J connectivity index is 1.80. The average molecular weight is 426 g/mol. The van der Waals surface area contributed by atoms with Gasteiger partial charge in [-0.2, -0.15) is 13.2 Å². The van der Waals surface area contributed by atoms with Crippen LogP contribution in [0.1, 0.15) is 24.5 Å². The van der Waals surface area contributed by atoms with Crippen LogP contribution >= 0.6 is 0 Å². The molecule has 3 aromatic carbocycles. The Bertz CT molecular complexity index is 1100. The van der Waals surface area contributed by atoms with Crippen molar-refractivity contribution in [1.29, 1.82) is 0 Å². The molecule has 0 saturated heterocycles. The molecule has 31 heavy (non-hydrogen) atoms. The van der Waals surface area contributed by atoms with Crippen LogP contribution in [0.25, 0.3) is 22.3 Å². The lowest BCUT2D eigenvalue weighted by molar-refractivity contribution is -0.0696. The minimum Gasteiger partial charge on any atom is -0.205 e. The number of allylic oxidation sites excluding steroid dienone is 2. The maximum atomic E-state index is 14.2. The molecule has 0 atom stereocenters. The third-order valence-corrected chi connectivity index (χ3v) is 4.71. The summed E-state index contributed by atoms with van der Waals surface area (Å²) >= 11 is 0. The van der Waals surface area contributed by atoms with E-state index in [1.807, 2.05) is 37.3 Å². The fraction of sp³-hybridized carbons (Fsp3) is 0.154. The molecule has 0 bridgehead atoms. The lowest BCUT2D eigenvalue weighted by Crippen LogP contribution is -2.02. The molecule has 0 aliphatic carbocycles. The van der Waals surface area contributed by atoms with Crippen molar-refractivity contribution in [3.8, 4) is 34.1 Å². The molecule has 0 nitrogen and oxygen atoms in total. The van der Waals surface area contributed by atoms with Gasteiger partial charge in [0.2, 0.25) is 0 Å². The van der Waals surface area contributed by atoms with E-state index >= 15 is 0 Å². The molecule has 0 saturated carbocycles. The molecule has 3 rings (SSSR count). The molecular formula is C26H19F5. The van der Waals surface area contributed by atoms with Gasteiger partial charge in [-0.05, 0) is 59.7 Å². The van der Waals surface area contributed by atoms with Gasteiger partial charge in [-0.25, -0.2) is 8.78 Å². The van der Waals surface area contributed by atoms with Crippen LogP contribution in [0.2, 0.25) is 0 Å². The molecule has 0 heterocycles. The molecule has 0 unspecified atom stereocenters. The van der Waals surface area contributed by atoms with Crippen molar-refractivity contribution < 1.29 is 22.0 Å². The summed E-state index contributed by atoms with van der Waals surface area (Å²) in [5, 5.41) is 0. The second-order valence-electron chi connectivity index (χ2n) is 6.94. The first kappa shape index (κ1) is 22.3. The summed E-state index contributed by atoms with van der Waals surface area (Å²) in [7, 11) is 0. The molecule has 0 aromatic heterocycles. The highest BCUT2D eigenvalue weighted by atomic mass is 19.4. The third-order valence-electron chi connectivity index (χ3n) is 4.71. The van der Waals surface area contributed by atoms with Crippen LogP contribution in [-0.2, 0) is 6.42 Å². The minimum absolute atomic E-state index is 0.221. The average Bonchev–Trinajstić information content (AvgIpc) is 2.73. The zero-order valence-corrected chi connectivity index (χ0v) is 16.7. The first-order chi connectivity index (χ1) is 14.8. The van der Waals surface area contributed by atoms with Crippen LogP contribution in [0, 0.1) is 23.5 Å². The van der Waals surface area contributed by atoms with E-state index < -0.39 is 23.4 Å². The van der Waals surface area contributed by atoms with Crippen molar-refractivity contribution in [2.75, 3.05) is 0 Å². The van der Waals surface area contributed by atoms with Crippen LogP contribution in [0.4, 0.5) is 22.0 Å². The Morgan fingerprint density at radius 1 is 0.774 bits per heavy atom. The van der Waals surface area contributed by atoms with Crippen LogP contribution < -0.4 is 0 Å². The van der Waals surface area contributed by atoms with Gasteiger partial charge < -0.3 is 0 Å². The number of benzene rings is 3. The predicted molar refractivity (Wildman–Crippen MR) is 113 cm³/mol. The summed E-state index contributed by atoms with van der Waals surface area (Å²) in [5.74, 6) is 0.142. The second kappa shape index (κ2) is 9.61. The Hall–Kier alpha value is -3.39. The largest absolute Gasteiger partial charge is 0.458 e. The molecule has 0 fully saturated rings. The van der Waals surface area contributed by atoms with Crippen LogP contribution in [0.3, 0.4) is 0 Å². The van der Waals surface area contributed by atoms with E-state index in [1.165, 1.54) is 11.5 Å². The second-order valence-corrected chi connectivity index (χ2v) is 6.94. The zero-order chi connectivity index (χ0) is 22.4. The molecule has 0 amide bonds. The van der Waals surface area contributed by atoms with Crippen LogP contribution in [-0.4, -0.2) is 6.18 Å². The fourth-order valence-corrected chi connectivity index (χ4v) is 3.13. The molecule has 0 aliphatic rings. The van der Waals surface area contributed by atoms with Crippen LogP contribution in [0.15, 0.2) is 72.8 Å². The zero-order valence-electron chi connectivity index (χ0n) is 16.7. The van der Waals surface area contributed by atoms with Gasteiger partial charge in [-0.3, -0.25) is 0 Å². The Morgan fingerprint density at radius 2 is 1.26 bits per heavy atom. The summed E-state index contributed by atoms with van der Waals surface area (Å²) in [6.45, 7) is 1.99. The topological polar surface area (TPSA) is 0 Å². The SMILES string of the molecule is C/C=C/CCc1ccc(-c2ccc(-c3cc(F)c(C#CC(F)(F)F)c(F)c3)cc2)cc1. The molecule has 158 valence electrons. The summed E-state index contributed by atoms with van der Waals surface area (Å²) in [6, 6.07) is 17.2. The van der Waals surface area contributed by atoms with E-state index in [-0.39, 0.29) is 5.56 Å². The number of hydrogen-bond donors (Lipinski definition) is 0. The molecule has 0 N–H and O–H groups in total. The van der Waals surface area contributed by atoms with E-state index in [2.05, 4.69) is 18.2 Å². The van der Waals surface area contributed by atoms with Gasteiger partial charge in [0.25, 0.3) is 0 Å². The van der Waals surface area contributed by atoms with E-state index in [9.17, 15) is 22.0 Å². The van der Waals surface area contributed by atoms with Crippen molar-refractivity contribution in [2.45, 2.75) is 25.9 Å². The van der Waals surface area contributed by atoms with Crippen molar-refractivity contribution >= 4 is 0 Å². The Kier molecular flexibility index (Phi) is 6.91. The highest BCUT2D eigenvalue weighted by Gasteiger charge is 2.23. The lowest BCUT2D eigenvalue weighted by atomic mass is 9.98. The maximum Gasteiger partial charge on any atom is 0.458 e. The summed E-state index contributed by atoms with van der Waals surface area (Å²) < 4.78 is 64.9. The quantitative estimate of drug-likeness (QED) is 0.223. The molecule has 3 aromatic rings. The third kappa shape index (κ3) is 6.05. The van der Waals surface area contributed by atoms with Gasteiger partial charge in [0, 0.05) is 5.92 Å². The van der Waals surface area contributed by atoms with Crippen LogP contribution in [0.5, 0.6) is 0 Å². The van der Waals surface area contributed by atoms with Crippen molar-refractivity contribution in [1.82, 2.24) is 0 Å². The van der Waals surface area contributed by atoms with Gasteiger partial charge in [0.15, 0.2) is 0 Å². The van der Waals surface area contributed by atoms with Gasteiger partial charge in [0.1, 0.15) is 11.6 Å². The van der Waals surface area contributed by atoms with Gasteiger partial charge >= 0.3 is 6.18 Å². The minimum atomic E-state index is -4.82. The number of alkyl halides is 3. The molecule has 0 aliphatic heterocycles. The van der Waals surface area contributed by atoms with E-state index in [0.717, 1.165) is 42.0 Å². The lowest BCUT2D eigenvalue weighted by Gasteiger charge is -2.08. The smallest absolute Gasteiger partial charge is 0.205 e. The highest BCUT2D eigenvalue weighted by Crippen LogP contribution is 2.28. The summed E-state index contributed by atoms with van der Waals surface area (Å²) in [6.07, 6.45) is 1.27. The molecular weight excluding hydrogens is 407 g/mol. The first-order valence-electron chi connectivity index (χ1n) is 9.66. The number of aryl methyl sites for hydroxylation is 1. The number of rotatable bonds is 5. The normalized spacial score (nSPS) is 11.4. The standard InChI is InChI=1S/C26H19F5/c1-2-3-4-5-18-6-8-19(9-7-18)20-10-12-21(13-11-20)22-16-24(27)23(25(28)17-22)14-15-26(29,30)31/h2-3,6-13,16-17H,4-5H2,1H3/b3-2+. The summed E-state index contributed by atoms with van der Waals surface area (Å²) in [4.78, 5) is 0. The van der Waals surface area contributed by atoms with Gasteiger partial charge in [-0.1, -0.05) is 66.6 Å². The van der Waals surface area contributed by atoms with Crippen molar-refractivity contribution in [3.63, 3.8) is 0 Å². The molecule has 5 heteroatoms. The van der Waals surface area contributed by atoms with Gasteiger partial charge in [0.05, 0.1) is 5.56 Å². The van der Waals surface area contributed by atoms with E-state index in [0.29, 0.717) is 5.56 Å². The molecule has 0 spiro atoms. The predicted octanol–water partition coefficient (Wildman–Crippen LogP) is 7.72. The van der Waals surface area contributed by atoms with Gasteiger partial charge in [-0.15, -0.1) is 0 Å². The molecule has 0 radical (unpaired) electrons. The Labute approximate surface area is 178 Å². The van der Waals surface area contributed by atoms with E-state index in [1.54, 1.807) is 12.1 Å². The monoisotopic (exact) mass is 426 g/mol. The van der Waals surface area contributed by atoms with Crippen molar-refractivity contribution in [2.24, 2.45) is 0 Å².